The molecule has 0 N–H and O–H groups in total. The summed E-state index contributed by atoms with van der Waals surface area (Å²) in [5.41, 5.74) is 5.40. The molecule has 2 aliphatic rings. The van der Waals surface area contributed by atoms with Gasteiger partial charge in [-0.25, -0.2) is 8.42 Å². The summed E-state index contributed by atoms with van der Waals surface area (Å²) in [6, 6.07) is 20.1. The lowest BCUT2D eigenvalue weighted by Gasteiger charge is -2.30. The lowest BCUT2D eigenvalue weighted by atomic mass is 9.99. The Balaban J connectivity index is 1.49. The van der Waals surface area contributed by atoms with Crippen molar-refractivity contribution in [2.45, 2.75) is 31.1 Å². The summed E-state index contributed by atoms with van der Waals surface area (Å²) in [6.07, 6.45) is 2.53. The number of carbonyl (C=O) groups is 1. The molecule has 0 aliphatic carbocycles. The fourth-order valence-corrected chi connectivity index (χ4v) is 6.12. The van der Waals surface area contributed by atoms with Crippen LogP contribution in [0.15, 0.2) is 71.6 Å². The fraction of sp³-hybridized carbons (Fsp3) is 0.240. The topological polar surface area (TPSA) is 57.7 Å². The Bertz CT molecular complexity index is 1280. The molecule has 0 aromatic heterocycles. The first-order chi connectivity index (χ1) is 14.9. The molecule has 0 atom stereocenters. The van der Waals surface area contributed by atoms with Crippen molar-refractivity contribution in [2.75, 3.05) is 22.3 Å². The Kier molecular flexibility index (Phi) is 4.82. The van der Waals surface area contributed by atoms with E-state index >= 15 is 0 Å². The first kappa shape index (κ1) is 19.8. The first-order valence-electron chi connectivity index (χ1n) is 10.6. The number of amides is 1. The number of benzene rings is 3. The van der Waals surface area contributed by atoms with E-state index in [2.05, 4.69) is 6.07 Å². The molecule has 3 aromatic carbocycles. The molecule has 2 aliphatic heterocycles. The molecule has 0 unspecified atom stereocenters. The van der Waals surface area contributed by atoms with E-state index in [1.54, 1.807) is 23.1 Å². The zero-order valence-corrected chi connectivity index (χ0v) is 18.2. The summed E-state index contributed by atoms with van der Waals surface area (Å²) >= 11 is 0. The van der Waals surface area contributed by atoms with Crippen LogP contribution >= 0.6 is 0 Å². The van der Waals surface area contributed by atoms with E-state index in [-0.39, 0.29) is 10.8 Å². The van der Waals surface area contributed by atoms with Gasteiger partial charge in [-0.3, -0.25) is 9.10 Å². The molecule has 6 heteroatoms. The molecule has 1 amide bonds. The van der Waals surface area contributed by atoms with E-state index < -0.39 is 10.0 Å². The molecule has 0 spiro atoms. The molecule has 3 aromatic rings. The maximum atomic E-state index is 13.4. The van der Waals surface area contributed by atoms with Crippen molar-refractivity contribution in [3.05, 3.63) is 89.0 Å². The molecule has 5 rings (SSSR count). The van der Waals surface area contributed by atoms with Gasteiger partial charge in [-0.1, -0.05) is 42.0 Å². The van der Waals surface area contributed by atoms with Crippen LogP contribution in [0.1, 0.15) is 33.5 Å². The van der Waals surface area contributed by atoms with Crippen molar-refractivity contribution in [1.29, 1.82) is 0 Å². The number of anilines is 2. The van der Waals surface area contributed by atoms with Crippen molar-refractivity contribution in [2.24, 2.45) is 0 Å². The van der Waals surface area contributed by atoms with Gasteiger partial charge in [0.2, 0.25) is 0 Å². The highest BCUT2D eigenvalue weighted by Crippen LogP contribution is 2.33. The number of hydrogen-bond acceptors (Lipinski definition) is 3. The zero-order valence-electron chi connectivity index (χ0n) is 17.4. The van der Waals surface area contributed by atoms with Gasteiger partial charge in [0, 0.05) is 24.3 Å². The van der Waals surface area contributed by atoms with E-state index in [1.165, 1.54) is 15.9 Å². The van der Waals surface area contributed by atoms with Gasteiger partial charge >= 0.3 is 0 Å². The number of fused-ring (bicyclic) bond motifs is 2. The number of nitrogens with zero attached hydrogens (tertiary/aromatic N) is 2. The second-order valence-corrected chi connectivity index (χ2v) is 10.0. The molecule has 0 bridgehead atoms. The highest BCUT2D eigenvalue weighted by Gasteiger charge is 2.31. The van der Waals surface area contributed by atoms with Crippen LogP contribution in [0.25, 0.3) is 0 Å². The van der Waals surface area contributed by atoms with Crippen molar-refractivity contribution in [1.82, 2.24) is 0 Å². The lowest BCUT2D eigenvalue weighted by molar-refractivity contribution is 0.0985. The zero-order chi connectivity index (χ0) is 21.6. The Morgan fingerprint density at radius 2 is 1.68 bits per heavy atom. The number of sulfonamides is 1. The Labute approximate surface area is 183 Å². The largest absolute Gasteiger partial charge is 0.308 e. The lowest BCUT2D eigenvalue weighted by Crippen LogP contribution is -2.35. The van der Waals surface area contributed by atoms with Gasteiger partial charge in [0.15, 0.2) is 0 Å². The maximum absolute atomic E-state index is 13.4. The molecule has 31 heavy (non-hydrogen) atoms. The Morgan fingerprint density at radius 1 is 0.839 bits per heavy atom. The number of para-hydroxylation sites is 1. The van der Waals surface area contributed by atoms with Gasteiger partial charge in [-0.15, -0.1) is 0 Å². The predicted molar refractivity (Wildman–Crippen MR) is 122 cm³/mol. The third-order valence-corrected chi connectivity index (χ3v) is 7.92. The van der Waals surface area contributed by atoms with Gasteiger partial charge in [0.1, 0.15) is 0 Å². The molecule has 0 saturated carbocycles. The van der Waals surface area contributed by atoms with Crippen molar-refractivity contribution < 1.29 is 13.2 Å². The molecule has 5 nitrogen and oxygen atoms in total. The minimum absolute atomic E-state index is 0.149. The summed E-state index contributed by atoms with van der Waals surface area (Å²) in [5, 5.41) is 0. The Morgan fingerprint density at radius 3 is 2.55 bits per heavy atom. The summed E-state index contributed by atoms with van der Waals surface area (Å²) in [5.74, 6) is -0.163. The maximum Gasteiger partial charge on any atom is 0.264 e. The standard InChI is InChI=1S/C25H24N2O3S/c1-18-11-12-23-20(16-18)8-5-14-26(23)25(28)21-7-4-9-22(17-21)31(29,30)27-15-13-19-6-2-3-10-24(19)27/h2-4,6-7,9-12,16-17H,5,8,13-15H2,1H3. The van der Waals surface area contributed by atoms with Crippen LogP contribution in [0.5, 0.6) is 0 Å². The Hall–Kier alpha value is -3.12. The van der Waals surface area contributed by atoms with Gasteiger partial charge in [-0.2, -0.15) is 0 Å². The van der Waals surface area contributed by atoms with Gasteiger partial charge in [0.25, 0.3) is 15.9 Å². The minimum atomic E-state index is -3.74. The van der Waals surface area contributed by atoms with E-state index in [9.17, 15) is 13.2 Å². The predicted octanol–water partition coefficient (Wildman–Crippen LogP) is 4.34. The minimum Gasteiger partial charge on any atom is -0.308 e. The fourth-order valence-electron chi connectivity index (χ4n) is 4.57. The van der Waals surface area contributed by atoms with Crippen LogP contribution in [0.4, 0.5) is 11.4 Å². The van der Waals surface area contributed by atoms with Gasteiger partial charge in [-0.05, 0) is 67.6 Å². The second-order valence-electron chi connectivity index (χ2n) is 8.18. The molecular formula is C25H24N2O3S. The molecular weight excluding hydrogens is 408 g/mol. The van der Waals surface area contributed by atoms with Gasteiger partial charge in [0.05, 0.1) is 10.6 Å². The van der Waals surface area contributed by atoms with Crippen molar-refractivity contribution in [3.8, 4) is 0 Å². The molecule has 0 saturated heterocycles. The van der Waals surface area contributed by atoms with Crippen LogP contribution in [0.3, 0.4) is 0 Å². The smallest absolute Gasteiger partial charge is 0.264 e. The SMILES string of the molecule is Cc1ccc2c(c1)CCCN2C(=O)c1cccc(S(=O)(=O)N2CCc3ccccc32)c1. The van der Waals surface area contributed by atoms with Crippen molar-refractivity contribution in [3.63, 3.8) is 0 Å². The molecule has 0 fully saturated rings. The van der Waals surface area contributed by atoms with Gasteiger partial charge < -0.3 is 4.90 Å². The average Bonchev–Trinajstić information content (AvgIpc) is 3.23. The third kappa shape index (κ3) is 3.41. The highest BCUT2D eigenvalue weighted by molar-refractivity contribution is 7.92. The number of rotatable bonds is 3. The number of aryl methyl sites for hydroxylation is 2. The van der Waals surface area contributed by atoms with Crippen LogP contribution in [0.2, 0.25) is 0 Å². The average molecular weight is 433 g/mol. The highest BCUT2D eigenvalue weighted by atomic mass is 32.2. The van der Waals surface area contributed by atoms with Crippen molar-refractivity contribution >= 4 is 27.3 Å². The quantitative estimate of drug-likeness (QED) is 0.619. The van der Waals surface area contributed by atoms with Crippen LogP contribution < -0.4 is 9.21 Å². The van der Waals surface area contributed by atoms with E-state index in [0.717, 1.165) is 35.3 Å². The normalized spacial score (nSPS) is 15.5. The number of carbonyl (C=O) groups excluding carboxylic acids is 1. The van der Waals surface area contributed by atoms with Crippen LogP contribution in [-0.4, -0.2) is 27.4 Å². The second kappa shape index (κ2) is 7.54. The molecule has 2 heterocycles. The summed E-state index contributed by atoms with van der Waals surface area (Å²) in [4.78, 5) is 15.3. The summed E-state index contributed by atoms with van der Waals surface area (Å²) in [7, 11) is -3.74. The van der Waals surface area contributed by atoms with E-state index in [1.807, 2.05) is 43.3 Å². The summed E-state index contributed by atoms with van der Waals surface area (Å²) in [6.45, 7) is 3.09. The first-order valence-corrected chi connectivity index (χ1v) is 12.0. The number of hydrogen-bond donors (Lipinski definition) is 0. The van der Waals surface area contributed by atoms with Crippen LogP contribution in [-0.2, 0) is 22.9 Å². The van der Waals surface area contributed by atoms with E-state index in [4.69, 9.17) is 0 Å². The van der Waals surface area contributed by atoms with E-state index in [0.29, 0.717) is 25.1 Å². The summed E-state index contributed by atoms with van der Waals surface area (Å²) < 4.78 is 28.2. The molecule has 158 valence electrons. The molecule has 0 radical (unpaired) electrons. The van der Waals surface area contributed by atoms with Crippen LogP contribution in [0, 0.1) is 6.92 Å². The monoisotopic (exact) mass is 432 g/mol. The third-order valence-electron chi connectivity index (χ3n) is 6.11.